The van der Waals surface area contributed by atoms with Gasteiger partial charge in [-0.05, 0) is 37.9 Å². The van der Waals surface area contributed by atoms with Gasteiger partial charge in [-0.1, -0.05) is 11.2 Å². The Hall–Kier alpha value is -2.44. The third-order valence-corrected chi connectivity index (χ3v) is 2.62. The van der Waals surface area contributed by atoms with Crippen LogP contribution in [0, 0.1) is 0 Å². The van der Waals surface area contributed by atoms with Crippen LogP contribution in [0.3, 0.4) is 0 Å². The number of hydrogen-bond acceptors (Lipinski definition) is 5. The van der Waals surface area contributed by atoms with Crippen LogP contribution in [-0.4, -0.2) is 30.5 Å². The van der Waals surface area contributed by atoms with E-state index in [1.165, 1.54) is 7.11 Å². The maximum atomic E-state index is 11.9. The van der Waals surface area contributed by atoms with Gasteiger partial charge in [0.1, 0.15) is 11.4 Å². The molecule has 120 valence electrons. The molecular weight excluding hydrogens is 288 g/mol. The van der Waals surface area contributed by atoms with Gasteiger partial charge in [-0.25, -0.2) is 4.79 Å². The smallest absolute Gasteiger partial charge is 0.412 e. The summed E-state index contributed by atoms with van der Waals surface area (Å²) in [7, 11) is 1.49. The van der Waals surface area contributed by atoms with E-state index in [1.807, 2.05) is 0 Å². The molecule has 0 aromatic heterocycles. The Morgan fingerprint density at radius 2 is 2.18 bits per heavy atom. The first-order valence-corrected chi connectivity index (χ1v) is 6.63. The Balaban J connectivity index is 3.13. The minimum atomic E-state index is -0.819. The molecule has 0 aliphatic carbocycles. The van der Waals surface area contributed by atoms with E-state index in [1.54, 1.807) is 39.0 Å². The van der Waals surface area contributed by atoms with Gasteiger partial charge in [0, 0.05) is 11.0 Å². The Morgan fingerprint density at radius 3 is 2.68 bits per heavy atom. The summed E-state index contributed by atoms with van der Waals surface area (Å²) in [5.74, 6) is 0.507. The van der Waals surface area contributed by atoms with Crippen LogP contribution in [0.25, 0.3) is 10.4 Å². The fourth-order valence-electron chi connectivity index (χ4n) is 1.73. The van der Waals surface area contributed by atoms with E-state index >= 15 is 0 Å². The molecule has 1 rings (SSSR count). The molecule has 1 aromatic rings. The number of nitrogens with one attached hydrogen (secondary N) is 1. The standard InChI is InChI=1S/C14H20N4O4/c1-14(2,3)22-13(20)16-11-7-9(21-4)5-6-10(11)12(8-19)17-18-15/h5-7,12,19H,8H2,1-4H3,(H,16,20). The second kappa shape index (κ2) is 7.53. The third kappa shape index (κ3) is 5.16. The molecule has 0 fully saturated rings. The Labute approximate surface area is 128 Å². The Bertz CT molecular complexity index is 577. The molecule has 0 radical (unpaired) electrons. The van der Waals surface area contributed by atoms with E-state index in [0.717, 1.165) is 0 Å². The lowest BCUT2D eigenvalue weighted by molar-refractivity contribution is 0.0635. The van der Waals surface area contributed by atoms with Crippen molar-refractivity contribution in [3.05, 3.63) is 34.2 Å². The number of hydrogen-bond donors (Lipinski definition) is 2. The molecule has 0 heterocycles. The zero-order chi connectivity index (χ0) is 16.8. The topological polar surface area (TPSA) is 117 Å². The summed E-state index contributed by atoms with van der Waals surface area (Å²) >= 11 is 0. The quantitative estimate of drug-likeness (QED) is 0.492. The molecule has 0 spiro atoms. The predicted octanol–water partition coefficient (Wildman–Crippen LogP) is 3.39. The van der Waals surface area contributed by atoms with Crippen molar-refractivity contribution in [2.45, 2.75) is 32.4 Å². The van der Waals surface area contributed by atoms with Crippen LogP contribution >= 0.6 is 0 Å². The van der Waals surface area contributed by atoms with Gasteiger partial charge in [-0.15, -0.1) is 0 Å². The second-order valence-electron chi connectivity index (χ2n) is 5.48. The highest BCUT2D eigenvalue weighted by Gasteiger charge is 2.20. The zero-order valence-corrected chi connectivity index (χ0v) is 13.0. The Kier molecular flexibility index (Phi) is 6.03. The van der Waals surface area contributed by atoms with Crippen molar-refractivity contribution in [3.8, 4) is 5.75 Å². The largest absolute Gasteiger partial charge is 0.497 e. The van der Waals surface area contributed by atoms with E-state index < -0.39 is 17.7 Å². The molecule has 0 aliphatic rings. The van der Waals surface area contributed by atoms with Crippen molar-refractivity contribution in [1.29, 1.82) is 0 Å². The fourth-order valence-corrected chi connectivity index (χ4v) is 1.73. The number of aliphatic hydroxyl groups excluding tert-OH is 1. The van der Waals surface area contributed by atoms with Gasteiger partial charge in [0.25, 0.3) is 0 Å². The van der Waals surface area contributed by atoms with E-state index in [0.29, 0.717) is 17.0 Å². The summed E-state index contributed by atoms with van der Waals surface area (Å²) in [5, 5.41) is 15.4. The molecule has 1 amide bonds. The number of carbonyl (C=O) groups excluding carboxylic acids is 1. The molecule has 1 aromatic carbocycles. The molecule has 0 saturated carbocycles. The average molecular weight is 308 g/mol. The first kappa shape index (κ1) is 17.6. The molecule has 1 unspecified atom stereocenters. The van der Waals surface area contributed by atoms with Gasteiger partial charge in [0.05, 0.1) is 25.4 Å². The monoisotopic (exact) mass is 308 g/mol. The minimum absolute atomic E-state index is 0.347. The zero-order valence-electron chi connectivity index (χ0n) is 13.0. The number of anilines is 1. The van der Waals surface area contributed by atoms with Gasteiger partial charge in [-0.2, -0.15) is 0 Å². The van der Waals surface area contributed by atoms with Crippen molar-refractivity contribution in [2.75, 3.05) is 19.0 Å². The van der Waals surface area contributed by atoms with Crippen LogP contribution in [0.5, 0.6) is 5.75 Å². The lowest BCUT2D eigenvalue weighted by Gasteiger charge is -2.21. The van der Waals surface area contributed by atoms with E-state index in [2.05, 4.69) is 15.3 Å². The SMILES string of the molecule is COc1ccc(C(CO)N=[N+]=[N-])c(NC(=O)OC(C)(C)C)c1. The molecule has 0 bridgehead atoms. The molecule has 22 heavy (non-hydrogen) atoms. The predicted molar refractivity (Wildman–Crippen MR) is 81.8 cm³/mol. The number of methoxy groups -OCH3 is 1. The molecule has 8 heteroatoms. The van der Waals surface area contributed by atoms with Crippen molar-refractivity contribution in [2.24, 2.45) is 5.11 Å². The summed E-state index contributed by atoms with van der Waals surface area (Å²) in [6, 6.07) is 4.00. The summed E-state index contributed by atoms with van der Waals surface area (Å²) in [4.78, 5) is 14.6. The molecule has 8 nitrogen and oxygen atoms in total. The summed E-state index contributed by atoms with van der Waals surface area (Å²) < 4.78 is 10.3. The lowest BCUT2D eigenvalue weighted by Crippen LogP contribution is -2.27. The van der Waals surface area contributed by atoms with Crippen molar-refractivity contribution in [3.63, 3.8) is 0 Å². The second-order valence-corrected chi connectivity index (χ2v) is 5.48. The number of ether oxygens (including phenoxy) is 2. The van der Waals surface area contributed by atoms with Crippen LogP contribution in [0.2, 0.25) is 0 Å². The van der Waals surface area contributed by atoms with Crippen LogP contribution < -0.4 is 10.1 Å². The molecule has 1 atom stereocenters. The van der Waals surface area contributed by atoms with Gasteiger partial charge in [0.15, 0.2) is 0 Å². The third-order valence-electron chi connectivity index (χ3n) is 2.62. The van der Waals surface area contributed by atoms with Crippen molar-refractivity contribution in [1.82, 2.24) is 0 Å². The van der Waals surface area contributed by atoms with Gasteiger partial charge < -0.3 is 14.6 Å². The van der Waals surface area contributed by atoms with Crippen LogP contribution in [-0.2, 0) is 4.74 Å². The number of nitrogens with zero attached hydrogens (tertiary/aromatic N) is 3. The maximum absolute atomic E-state index is 11.9. The van der Waals surface area contributed by atoms with Gasteiger partial charge in [-0.3, -0.25) is 5.32 Å². The van der Waals surface area contributed by atoms with Crippen LogP contribution in [0.1, 0.15) is 32.4 Å². The first-order valence-electron chi connectivity index (χ1n) is 6.63. The summed E-state index contributed by atoms with van der Waals surface area (Å²) in [6.45, 7) is 4.85. The fraction of sp³-hybridized carbons (Fsp3) is 0.500. The highest BCUT2D eigenvalue weighted by atomic mass is 16.6. The number of amides is 1. The average Bonchev–Trinajstić information content (AvgIpc) is 2.43. The van der Waals surface area contributed by atoms with E-state index in [-0.39, 0.29) is 6.61 Å². The van der Waals surface area contributed by atoms with Crippen molar-refractivity contribution >= 4 is 11.8 Å². The maximum Gasteiger partial charge on any atom is 0.412 e. The number of carbonyl (C=O) groups is 1. The molecule has 0 saturated heterocycles. The van der Waals surface area contributed by atoms with Crippen molar-refractivity contribution < 1.29 is 19.4 Å². The summed E-state index contributed by atoms with van der Waals surface area (Å²) in [6.07, 6.45) is -0.653. The lowest BCUT2D eigenvalue weighted by atomic mass is 10.1. The number of rotatable bonds is 5. The van der Waals surface area contributed by atoms with Crippen LogP contribution in [0.15, 0.2) is 23.3 Å². The number of azide groups is 1. The van der Waals surface area contributed by atoms with E-state index in [4.69, 9.17) is 15.0 Å². The first-order chi connectivity index (χ1) is 10.3. The normalized spacial score (nSPS) is 12.0. The van der Waals surface area contributed by atoms with Gasteiger partial charge >= 0.3 is 6.09 Å². The van der Waals surface area contributed by atoms with Crippen LogP contribution in [0.4, 0.5) is 10.5 Å². The number of aliphatic hydroxyl groups is 1. The van der Waals surface area contributed by atoms with E-state index in [9.17, 15) is 9.90 Å². The Morgan fingerprint density at radius 1 is 1.50 bits per heavy atom. The molecular formula is C14H20N4O4. The minimum Gasteiger partial charge on any atom is -0.497 e. The number of benzene rings is 1. The highest BCUT2D eigenvalue weighted by Crippen LogP contribution is 2.30. The highest BCUT2D eigenvalue weighted by molar-refractivity contribution is 5.86. The molecule has 0 aliphatic heterocycles. The summed E-state index contributed by atoms with van der Waals surface area (Å²) in [5.41, 5.74) is 8.73. The molecule has 2 N–H and O–H groups in total. The van der Waals surface area contributed by atoms with Gasteiger partial charge in [0.2, 0.25) is 0 Å².